The third kappa shape index (κ3) is 3.10. The minimum Gasteiger partial charge on any atom is -0.368 e. The number of hydrogen-bond donors (Lipinski definition) is 0. The Hall–Kier alpha value is -1.05. The molecular weight excluding hydrogens is 302 g/mol. The van der Waals surface area contributed by atoms with Crippen molar-refractivity contribution < 1.29 is 0 Å². The zero-order chi connectivity index (χ0) is 13.2. The van der Waals surface area contributed by atoms with E-state index in [0.29, 0.717) is 0 Å². The van der Waals surface area contributed by atoms with Gasteiger partial charge in [-0.05, 0) is 37.0 Å². The molecule has 2 aliphatic rings. The van der Waals surface area contributed by atoms with E-state index in [1.54, 1.807) is 0 Å². The van der Waals surface area contributed by atoms with E-state index in [0.717, 1.165) is 47.8 Å². The Morgan fingerprint density at radius 3 is 2.58 bits per heavy atom. The van der Waals surface area contributed by atoms with Gasteiger partial charge in [0.05, 0.1) is 11.3 Å². The number of benzene rings is 1. The van der Waals surface area contributed by atoms with E-state index in [1.165, 1.54) is 19.4 Å². The third-order valence-corrected chi connectivity index (χ3v) is 4.50. The summed E-state index contributed by atoms with van der Waals surface area (Å²) in [7, 11) is 0. The summed E-state index contributed by atoms with van der Waals surface area (Å²) in [5.41, 5.74) is 1.85. The molecule has 1 aromatic carbocycles. The molecule has 2 fully saturated rings. The molecule has 1 saturated carbocycles. The van der Waals surface area contributed by atoms with Gasteiger partial charge in [-0.2, -0.15) is 5.26 Å². The number of hydrogen-bond acceptors (Lipinski definition) is 3. The van der Waals surface area contributed by atoms with Crippen molar-refractivity contribution in [2.45, 2.75) is 12.8 Å². The van der Waals surface area contributed by atoms with Gasteiger partial charge in [0.1, 0.15) is 6.07 Å². The number of nitriles is 1. The standard InChI is InChI=1S/C15H18BrN3/c16-14-3-4-15(13(9-14)10-17)19-7-5-18(6-8-19)11-12-1-2-12/h3-4,9,12H,1-2,5-8,11H2. The first-order valence-electron chi connectivity index (χ1n) is 6.93. The average Bonchev–Trinajstić information content (AvgIpc) is 3.24. The quantitative estimate of drug-likeness (QED) is 0.858. The Bertz CT molecular complexity index is 497. The molecule has 3 nitrogen and oxygen atoms in total. The normalized spacial score (nSPS) is 20.3. The van der Waals surface area contributed by atoms with Crippen LogP contribution in [0.3, 0.4) is 0 Å². The largest absolute Gasteiger partial charge is 0.368 e. The molecular formula is C15H18BrN3. The molecule has 0 amide bonds. The van der Waals surface area contributed by atoms with E-state index in [4.69, 9.17) is 0 Å². The summed E-state index contributed by atoms with van der Waals surface area (Å²) < 4.78 is 0.972. The molecule has 1 aliphatic carbocycles. The summed E-state index contributed by atoms with van der Waals surface area (Å²) in [6.45, 7) is 5.58. The van der Waals surface area contributed by atoms with Crippen LogP contribution in [0.1, 0.15) is 18.4 Å². The lowest BCUT2D eigenvalue weighted by Crippen LogP contribution is -2.47. The second-order valence-electron chi connectivity index (χ2n) is 5.50. The van der Waals surface area contributed by atoms with E-state index in [9.17, 15) is 5.26 Å². The Balaban J connectivity index is 1.65. The summed E-state index contributed by atoms with van der Waals surface area (Å²) in [5, 5.41) is 9.24. The predicted octanol–water partition coefficient (Wildman–Crippen LogP) is 2.85. The second-order valence-corrected chi connectivity index (χ2v) is 6.42. The molecule has 0 N–H and O–H groups in total. The monoisotopic (exact) mass is 319 g/mol. The van der Waals surface area contributed by atoms with Crippen molar-refractivity contribution in [1.82, 2.24) is 4.90 Å². The number of piperazine rings is 1. The van der Waals surface area contributed by atoms with E-state index < -0.39 is 0 Å². The van der Waals surface area contributed by atoms with Gasteiger partial charge in [0, 0.05) is 37.2 Å². The van der Waals surface area contributed by atoms with Crippen molar-refractivity contribution in [3.8, 4) is 6.07 Å². The molecule has 1 heterocycles. The fourth-order valence-corrected chi connectivity index (χ4v) is 3.07. The van der Waals surface area contributed by atoms with Gasteiger partial charge in [0.15, 0.2) is 0 Å². The van der Waals surface area contributed by atoms with Crippen molar-refractivity contribution in [2.24, 2.45) is 5.92 Å². The molecule has 0 spiro atoms. The van der Waals surface area contributed by atoms with Gasteiger partial charge in [-0.3, -0.25) is 4.90 Å². The van der Waals surface area contributed by atoms with Crippen LogP contribution in [0, 0.1) is 17.2 Å². The molecule has 1 aliphatic heterocycles. The summed E-state index contributed by atoms with van der Waals surface area (Å²) in [5.74, 6) is 0.967. The van der Waals surface area contributed by atoms with Crippen molar-refractivity contribution >= 4 is 21.6 Å². The summed E-state index contributed by atoms with van der Waals surface area (Å²) >= 11 is 3.43. The van der Waals surface area contributed by atoms with Crippen molar-refractivity contribution in [2.75, 3.05) is 37.6 Å². The van der Waals surface area contributed by atoms with E-state index >= 15 is 0 Å². The van der Waals surface area contributed by atoms with Gasteiger partial charge in [-0.1, -0.05) is 15.9 Å². The van der Waals surface area contributed by atoms with Crippen LogP contribution in [0.25, 0.3) is 0 Å². The minimum absolute atomic E-state index is 0.769. The topological polar surface area (TPSA) is 30.3 Å². The number of rotatable bonds is 3. The smallest absolute Gasteiger partial charge is 0.101 e. The van der Waals surface area contributed by atoms with Crippen LogP contribution in [-0.4, -0.2) is 37.6 Å². The van der Waals surface area contributed by atoms with Crippen LogP contribution in [-0.2, 0) is 0 Å². The molecule has 0 atom stereocenters. The van der Waals surface area contributed by atoms with Crippen LogP contribution >= 0.6 is 15.9 Å². The van der Waals surface area contributed by atoms with Crippen LogP contribution in [0.15, 0.2) is 22.7 Å². The van der Waals surface area contributed by atoms with Crippen molar-refractivity contribution in [3.05, 3.63) is 28.2 Å². The Kier molecular flexibility index (Phi) is 3.76. The van der Waals surface area contributed by atoms with Gasteiger partial charge >= 0.3 is 0 Å². The fraction of sp³-hybridized carbons (Fsp3) is 0.533. The molecule has 100 valence electrons. The molecule has 1 saturated heterocycles. The maximum atomic E-state index is 9.24. The predicted molar refractivity (Wildman–Crippen MR) is 80.2 cm³/mol. The highest BCUT2D eigenvalue weighted by Crippen LogP contribution is 2.30. The molecule has 0 bridgehead atoms. The lowest BCUT2D eigenvalue weighted by atomic mass is 10.1. The number of anilines is 1. The third-order valence-electron chi connectivity index (χ3n) is 4.01. The lowest BCUT2D eigenvalue weighted by Gasteiger charge is -2.36. The Labute approximate surface area is 122 Å². The Morgan fingerprint density at radius 2 is 1.95 bits per heavy atom. The van der Waals surface area contributed by atoms with Gasteiger partial charge < -0.3 is 4.90 Å². The number of nitrogens with zero attached hydrogens (tertiary/aromatic N) is 3. The maximum absolute atomic E-state index is 9.24. The highest BCUT2D eigenvalue weighted by Gasteiger charge is 2.26. The molecule has 0 unspecified atom stereocenters. The SMILES string of the molecule is N#Cc1cc(Br)ccc1N1CCN(CC2CC2)CC1. The average molecular weight is 320 g/mol. The second kappa shape index (κ2) is 5.52. The van der Waals surface area contributed by atoms with Gasteiger partial charge in [-0.15, -0.1) is 0 Å². The minimum atomic E-state index is 0.769. The zero-order valence-corrected chi connectivity index (χ0v) is 12.6. The first kappa shape index (κ1) is 13.0. The first-order chi connectivity index (χ1) is 9.26. The van der Waals surface area contributed by atoms with Gasteiger partial charge in [0.2, 0.25) is 0 Å². The van der Waals surface area contributed by atoms with Crippen LogP contribution in [0.2, 0.25) is 0 Å². The summed E-state index contributed by atoms with van der Waals surface area (Å²) in [6.07, 6.45) is 2.84. The van der Waals surface area contributed by atoms with E-state index in [-0.39, 0.29) is 0 Å². The fourth-order valence-electron chi connectivity index (χ4n) is 2.71. The van der Waals surface area contributed by atoms with E-state index in [2.05, 4.69) is 37.9 Å². The number of halogens is 1. The van der Waals surface area contributed by atoms with Gasteiger partial charge in [-0.25, -0.2) is 0 Å². The zero-order valence-electron chi connectivity index (χ0n) is 11.0. The highest BCUT2D eigenvalue weighted by atomic mass is 79.9. The highest BCUT2D eigenvalue weighted by molar-refractivity contribution is 9.10. The van der Waals surface area contributed by atoms with Crippen molar-refractivity contribution in [3.63, 3.8) is 0 Å². The Morgan fingerprint density at radius 1 is 1.21 bits per heavy atom. The van der Waals surface area contributed by atoms with Crippen LogP contribution < -0.4 is 4.90 Å². The van der Waals surface area contributed by atoms with E-state index in [1.807, 2.05) is 12.1 Å². The first-order valence-corrected chi connectivity index (χ1v) is 7.72. The molecule has 0 aromatic heterocycles. The van der Waals surface area contributed by atoms with Gasteiger partial charge in [0.25, 0.3) is 0 Å². The molecule has 1 aromatic rings. The van der Waals surface area contributed by atoms with Crippen LogP contribution in [0.4, 0.5) is 5.69 Å². The maximum Gasteiger partial charge on any atom is 0.101 e. The molecule has 19 heavy (non-hydrogen) atoms. The summed E-state index contributed by atoms with van der Waals surface area (Å²) in [4.78, 5) is 4.91. The van der Waals surface area contributed by atoms with Crippen molar-refractivity contribution in [1.29, 1.82) is 5.26 Å². The molecule has 4 heteroatoms. The molecule has 0 radical (unpaired) electrons. The molecule has 3 rings (SSSR count). The summed E-state index contributed by atoms with van der Waals surface area (Å²) in [6, 6.07) is 8.29. The lowest BCUT2D eigenvalue weighted by molar-refractivity contribution is 0.248. The van der Waals surface area contributed by atoms with Crippen LogP contribution in [0.5, 0.6) is 0 Å².